The molecule has 134 valence electrons. The summed E-state index contributed by atoms with van der Waals surface area (Å²) in [6.45, 7) is 5.07. The Balaban J connectivity index is 0.00000180. The number of nitrogens with zero attached hydrogens (tertiary/aromatic N) is 1. The SMILES string of the molecule is CC1(C)CNC(=O)c2ccc(C3=CCc4nc(C5CCC5)ccc43)cc21.[HH]. The van der Waals surface area contributed by atoms with E-state index in [0.29, 0.717) is 12.5 Å². The summed E-state index contributed by atoms with van der Waals surface area (Å²) in [7, 11) is 0. The maximum absolute atomic E-state index is 12.2. The average Bonchev–Trinajstić information content (AvgIpc) is 3.00. The Bertz CT molecular complexity index is 957. The Morgan fingerprint density at radius 3 is 2.73 bits per heavy atom. The minimum absolute atomic E-state index is 0. The maximum Gasteiger partial charge on any atom is 0.251 e. The lowest BCUT2D eigenvalue weighted by atomic mass is 9.77. The predicted molar refractivity (Wildman–Crippen MR) is 106 cm³/mol. The Hall–Kier alpha value is -2.42. The molecule has 1 fully saturated rings. The fraction of sp³-hybridized carbons (Fsp3) is 0.391. The minimum Gasteiger partial charge on any atom is -0.351 e. The molecule has 5 rings (SSSR count). The number of hydrogen-bond donors (Lipinski definition) is 1. The third kappa shape index (κ3) is 2.33. The Kier molecular flexibility index (Phi) is 3.37. The first kappa shape index (κ1) is 15.8. The monoisotopic (exact) mass is 346 g/mol. The molecule has 0 bridgehead atoms. The van der Waals surface area contributed by atoms with Crippen LogP contribution in [0.2, 0.25) is 0 Å². The van der Waals surface area contributed by atoms with Gasteiger partial charge in [-0.15, -0.1) is 0 Å². The molecule has 1 saturated carbocycles. The lowest BCUT2D eigenvalue weighted by molar-refractivity contribution is 0.0930. The first-order valence-electron chi connectivity index (χ1n) is 9.66. The van der Waals surface area contributed by atoms with Crippen LogP contribution in [0.25, 0.3) is 5.57 Å². The highest BCUT2D eigenvalue weighted by Gasteiger charge is 2.32. The van der Waals surface area contributed by atoms with Gasteiger partial charge in [-0.05, 0) is 47.7 Å². The van der Waals surface area contributed by atoms with E-state index in [-0.39, 0.29) is 12.7 Å². The minimum atomic E-state index is -0.0480. The number of fused-ring (bicyclic) bond motifs is 2. The number of hydrogen-bond acceptors (Lipinski definition) is 2. The number of aromatic nitrogens is 1. The van der Waals surface area contributed by atoms with Crippen molar-refractivity contribution in [3.05, 3.63) is 70.0 Å². The zero-order valence-corrected chi connectivity index (χ0v) is 15.4. The molecule has 0 unspecified atom stereocenters. The molecule has 2 heterocycles. The van der Waals surface area contributed by atoms with Gasteiger partial charge in [0.15, 0.2) is 0 Å². The van der Waals surface area contributed by atoms with Crippen molar-refractivity contribution in [1.29, 1.82) is 0 Å². The van der Waals surface area contributed by atoms with E-state index < -0.39 is 0 Å². The summed E-state index contributed by atoms with van der Waals surface area (Å²) >= 11 is 0. The Morgan fingerprint density at radius 2 is 1.96 bits per heavy atom. The largest absolute Gasteiger partial charge is 0.351 e. The van der Waals surface area contributed by atoms with Gasteiger partial charge in [0.05, 0.1) is 5.69 Å². The van der Waals surface area contributed by atoms with Gasteiger partial charge in [0.1, 0.15) is 0 Å². The summed E-state index contributed by atoms with van der Waals surface area (Å²) < 4.78 is 0. The number of amides is 1. The number of allylic oxidation sites excluding steroid dienone is 1. The van der Waals surface area contributed by atoms with Crippen LogP contribution in [0, 0.1) is 0 Å². The molecule has 1 aliphatic heterocycles. The summed E-state index contributed by atoms with van der Waals surface area (Å²) in [4.78, 5) is 17.2. The summed E-state index contributed by atoms with van der Waals surface area (Å²) in [6, 6.07) is 10.8. The number of carbonyl (C=O) groups is 1. The van der Waals surface area contributed by atoms with Crippen molar-refractivity contribution in [3.8, 4) is 0 Å². The third-order valence-electron chi connectivity index (χ3n) is 6.30. The molecule has 0 atom stereocenters. The zero-order valence-electron chi connectivity index (χ0n) is 15.4. The quantitative estimate of drug-likeness (QED) is 0.863. The van der Waals surface area contributed by atoms with Crippen molar-refractivity contribution < 1.29 is 6.22 Å². The number of rotatable bonds is 2. The molecular weight excluding hydrogens is 320 g/mol. The lowest BCUT2D eigenvalue weighted by Gasteiger charge is -2.33. The first-order chi connectivity index (χ1) is 12.5. The average molecular weight is 346 g/mol. The predicted octanol–water partition coefficient (Wildman–Crippen LogP) is 4.60. The van der Waals surface area contributed by atoms with E-state index in [1.54, 1.807) is 0 Å². The van der Waals surface area contributed by atoms with Crippen molar-refractivity contribution in [3.63, 3.8) is 0 Å². The van der Waals surface area contributed by atoms with Crippen LogP contribution in [-0.2, 0) is 11.8 Å². The highest BCUT2D eigenvalue weighted by atomic mass is 16.1. The van der Waals surface area contributed by atoms with E-state index in [0.717, 1.165) is 17.5 Å². The molecule has 3 aliphatic rings. The van der Waals surface area contributed by atoms with Gasteiger partial charge in [-0.1, -0.05) is 38.5 Å². The van der Waals surface area contributed by atoms with Crippen LogP contribution in [0.5, 0.6) is 0 Å². The molecular formula is C23H26N2O. The van der Waals surface area contributed by atoms with Gasteiger partial charge in [0.25, 0.3) is 5.91 Å². The number of nitrogens with one attached hydrogen (secondary N) is 1. The molecule has 3 nitrogen and oxygen atoms in total. The molecule has 2 aliphatic carbocycles. The molecule has 3 heteroatoms. The van der Waals surface area contributed by atoms with E-state index in [1.807, 2.05) is 6.07 Å². The van der Waals surface area contributed by atoms with Crippen molar-refractivity contribution >= 4 is 11.5 Å². The standard InChI is InChI=1S/C23H24N2O.H2/c1-23(2)13-24-22(26)18-7-6-15(12-19(18)23)16-8-11-21-17(16)9-10-20(25-21)14-4-3-5-14;/h6-10,12,14H,3-5,11,13H2,1-2H3,(H,24,26);1H. The van der Waals surface area contributed by atoms with Crippen LogP contribution in [0.4, 0.5) is 0 Å². The molecule has 26 heavy (non-hydrogen) atoms. The first-order valence-corrected chi connectivity index (χ1v) is 9.66. The van der Waals surface area contributed by atoms with Crippen LogP contribution >= 0.6 is 0 Å². The normalized spacial score (nSPS) is 20.7. The summed E-state index contributed by atoms with van der Waals surface area (Å²) in [5.41, 5.74) is 8.10. The van der Waals surface area contributed by atoms with Gasteiger partial charge < -0.3 is 5.32 Å². The van der Waals surface area contributed by atoms with Crippen molar-refractivity contribution in [2.75, 3.05) is 6.54 Å². The lowest BCUT2D eigenvalue weighted by Crippen LogP contribution is -2.43. The topological polar surface area (TPSA) is 42.0 Å². The summed E-state index contributed by atoms with van der Waals surface area (Å²) in [6.07, 6.45) is 7.11. The second-order valence-corrected chi connectivity index (χ2v) is 8.51. The maximum atomic E-state index is 12.2. The second kappa shape index (κ2) is 5.54. The molecule has 0 spiro atoms. The molecule has 1 N–H and O–H groups in total. The van der Waals surface area contributed by atoms with Crippen LogP contribution in [0.1, 0.15) is 78.9 Å². The van der Waals surface area contributed by atoms with Crippen LogP contribution < -0.4 is 5.32 Å². The van der Waals surface area contributed by atoms with Gasteiger partial charge in [-0.25, -0.2) is 0 Å². The number of benzene rings is 1. The Morgan fingerprint density at radius 1 is 1.15 bits per heavy atom. The fourth-order valence-corrected chi connectivity index (χ4v) is 4.39. The molecule has 1 amide bonds. The molecule has 0 radical (unpaired) electrons. The van der Waals surface area contributed by atoms with Gasteiger partial charge in [-0.3, -0.25) is 9.78 Å². The van der Waals surface area contributed by atoms with Gasteiger partial charge in [0, 0.05) is 42.5 Å². The van der Waals surface area contributed by atoms with Crippen LogP contribution in [0.3, 0.4) is 0 Å². The summed E-state index contributed by atoms with van der Waals surface area (Å²) in [5.74, 6) is 0.714. The van der Waals surface area contributed by atoms with Crippen molar-refractivity contribution in [1.82, 2.24) is 10.3 Å². The van der Waals surface area contributed by atoms with E-state index in [4.69, 9.17) is 4.98 Å². The van der Waals surface area contributed by atoms with Crippen LogP contribution in [0.15, 0.2) is 36.4 Å². The fourth-order valence-electron chi connectivity index (χ4n) is 4.39. The van der Waals surface area contributed by atoms with E-state index in [9.17, 15) is 4.79 Å². The number of pyridine rings is 1. The smallest absolute Gasteiger partial charge is 0.251 e. The van der Waals surface area contributed by atoms with Crippen molar-refractivity contribution in [2.45, 2.75) is 50.9 Å². The van der Waals surface area contributed by atoms with E-state index >= 15 is 0 Å². The highest BCUT2D eigenvalue weighted by Crippen LogP contribution is 2.39. The van der Waals surface area contributed by atoms with E-state index in [1.165, 1.54) is 47.4 Å². The van der Waals surface area contributed by atoms with Gasteiger partial charge in [0.2, 0.25) is 0 Å². The van der Waals surface area contributed by atoms with Crippen LogP contribution in [-0.4, -0.2) is 17.4 Å². The third-order valence-corrected chi connectivity index (χ3v) is 6.30. The summed E-state index contributed by atoms with van der Waals surface area (Å²) in [5, 5.41) is 3.00. The zero-order chi connectivity index (χ0) is 17.9. The van der Waals surface area contributed by atoms with E-state index in [2.05, 4.69) is 49.5 Å². The number of carbonyl (C=O) groups excluding carboxylic acids is 1. The Labute approximate surface area is 156 Å². The van der Waals surface area contributed by atoms with Crippen molar-refractivity contribution in [2.24, 2.45) is 0 Å². The highest BCUT2D eigenvalue weighted by molar-refractivity contribution is 5.98. The van der Waals surface area contributed by atoms with Gasteiger partial charge >= 0.3 is 0 Å². The second-order valence-electron chi connectivity index (χ2n) is 8.51. The molecule has 1 aromatic heterocycles. The molecule has 1 aromatic carbocycles. The molecule has 2 aromatic rings. The van der Waals surface area contributed by atoms with Gasteiger partial charge in [-0.2, -0.15) is 0 Å². The molecule has 0 saturated heterocycles.